The minimum absolute atomic E-state index is 0.157. The Morgan fingerprint density at radius 2 is 1.86 bits per heavy atom. The van der Waals surface area contributed by atoms with Crippen molar-refractivity contribution in [2.45, 2.75) is 43.5 Å². The number of nitrogens with two attached hydrogens (primary N) is 1. The van der Waals surface area contributed by atoms with E-state index in [4.69, 9.17) is 5.73 Å². The second kappa shape index (κ2) is 7.11. The van der Waals surface area contributed by atoms with E-state index in [1.54, 1.807) is 12.1 Å². The predicted octanol–water partition coefficient (Wildman–Crippen LogP) is 1.46. The van der Waals surface area contributed by atoms with Crippen LogP contribution in [0.5, 0.6) is 0 Å². The zero-order chi connectivity index (χ0) is 16.2. The van der Waals surface area contributed by atoms with E-state index < -0.39 is 16.1 Å². The molecular formula is C15H23N3O3S. The number of hydrogen-bond acceptors (Lipinski definition) is 3. The number of primary amides is 1. The number of piperidine rings is 1. The van der Waals surface area contributed by atoms with Crippen molar-refractivity contribution in [3.05, 3.63) is 29.8 Å². The molecular weight excluding hydrogens is 302 g/mol. The van der Waals surface area contributed by atoms with Crippen LogP contribution in [0.2, 0.25) is 0 Å². The van der Waals surface area contributed by atoms with E-state index in [1.165, 1.54) is 4.90 Å². The van der Waals surface area contributed by atoms with Crippen LogP contribution in [-0.2, 0) is 16.4 Å². The molecule has 2 amide bonds. The number of nitrogens with zero attached hydrogens (tertiary/aromatic N) is 1. The molecule has 0 bridgehead atoms. The largest absolute Gasteiger partial charge is 0.351 e. The van der Waals surface area contributed by atoms with Gasteiger partial charge in [-0.3, -0.25) is 0 Å². The fourth-order valence-electron chi connectivity index (χ4n) is 2.63. The van der Waals surface area contributed by atoms with Gasteiger partial charge in [0, 0.05) is 19.1 Å². The molecule has 1 aromatic rings. The van der Waals surface area contributed by atoms with Gasteiger partial charge in [-0.05, 0) is 37.0 Å². The summed E-state index contributed by atoms with van der Waals surface area (Å²) in [5.41, 5.74) is 6.35. The van der Waals surface area contributed by atoms with Crippen molar-refractivity contribution in [1.82, 2.24) is 9.62 Å². The summed E-state index contributed by atoms with van der Waals surface area (Å²) in [6, 6.07) is 6.39. The van der Waals surface area contributed by atoms with E-state index in [0.29, 0.717) is 25.9 Å². The van der Waals surface area contributed by atoms with Gasteiger partial charge in [-0.1, -0.05) is 25.5 Å². The third kappa shape index (κ3) is 4.20. The van der Waals surface area contributed by atoms with E-state index in [0.717, 1.165) is 18.4 Å². The predicted molar refractivity (Wildman–Crippen MR) is 84.9 cm³/mol. The Balaban J connectivity index is 1.98. The quantitative estimate of drug-likeness (QED) is 0.858. The fraction of sp³-hybridized carbons (Fsp3) is 0.533. The fourth-order valence-corrected chi connectivity index (χ4v) is 3.93. The first-order valence-corrected chi connectivity index (χ1v) is 9.06. The number of nitrogens with one attached hydrogen (secondary N) is 1. The van der Waals surface area contributed by atoms with Crippen molar-refractivity contribution in [3.63, 3.8) is 0 Å². The minimum Gasteiger partial charge on any atom is -0.351 e. The highest BCUT2D eigenvalue weighted by atomic mass is 32.2. The van der Waals surface area contributed by atoms with Crippen molar-refractivity contribution in [3.8, 4) is 0 Å². The number of rotatable bonds is 5. The number of likely N-dealkylation sites (tertiary alicyclic amines) is 1. The molecule has 0 radical (unpaired) electrons. The Morgan fingerprint density at radius 3 is 2.36 bits per heavy atom. The molecule has 0 unspecified atom stereocenters. The zero-order valence-electron chi connectivity index (χ0n) is 12.8. The Bertz CT molecular complexity index is 605. The van der Waals surface area contributed by atoms with Crippen LogP contribution in [0.15, 0.2) is 29.2 Å². The topological polar surface area (TPSA) is 92.5 Å². The van der Waals surface area contributed by atoms with Gasteiger partial charge in [0.2, 0.25) is 10.0 Å². The molecule has 6 nitrogen and oxygen atoms in total. The van der Waals surface area contributed by atoms with Gasteiger partial charge in [-0.2, -0.15) is 0 Å². The summed E-state index contributed by atoms with van der Waals surface area (Å²) in [6.45, 7) is 3.06. The average Bonchev–Trinajstić information content (AvgIpc) is 2.48. The molecule has 1 heterocycles. The van der Waals surface area contributed by atoms with Gasteiger partial charge in [-0.25, -0.2) is 17.9 Å². The maximum Gasteiger partial charge on any atom is 0.314 e. The monoisotopic (exact) mass is 325 g/mol. The summed E-state index contributed by atoms with van der Waals surface area (Å²) in [6.07, 6.45) is 3.13. The van der Waals surface area contributed by atoms with Crippen molar-refractivity contribution in [2.24, 2.45) is 5.73 Å². The molecule has 0 saturated carbocycles. The number of benzene rings is 1. The highest BCUT2D eigenvalue weighted by Crippen LogP contribution is 2.16. The first-order chi connectivity index (χ1) is 10.4. The Labute approximate surface area is 131 Å². The minimum atomic E-state index is -3.51. The zero-order valence-corrected chi connectivity index (χ0v) is 13.6. The normalized spacial score (nSPS) is 16.7. The lowest BCUT2D eigenvalue weighted by molar-refractivity contribution is 0.189. The molecule has 0 aromatic heterocycles. The first-order valence-electron chi connectivity index (χ1n) is 7.58. The molecule has 22 heavy (non-hydrogen) atoms. The summed E-state index contributed by atoms with van der Waals surface area (Å²) in [7, 11) is -3.51. The Kier molecular flexibility index (Phi) is 5.42. The second-order valence-corrected chi connectivity index (χ2v) is 7.33. The van der Waals surface area contributed by atoms with Crippen LogP contribution in [0.3, 0.4) is 0 Å². The van der Waals surface area contributed by atoms with E-state index in [-0.39, 0.29) is 10.9 Å². The number of aryl methyl sites for hydroxylation is 1. The van der Waals surface area contributed by atoms with Crippen molar-refractivity contribution >= 4 is 16.1 Å². The van der Waals surface area contributed by atoms with Gasteiger partial charge in [0.25, 0.3) is 0 Å². The number of amides is 2. The van der Waals surface area contributed by atoms with Crippen LogP contribution >= 0.6 is 0 Å². The molecule has 1 aromatic carbocycles. The molecule has 0 aliphatic carbocycles. The van der Waals surface area contributed by atoms with Crippen LogP contribution in [0, 0.1) is 0 Å². The lowest BCUT2D eigenvalue weighted by Gasteiger charge is -2.30. The average molecular weight is 325 g/mol. The molecule has 1 aliphatic rings. The van der Waals surface area contributed by atoms with Gasteiger partial charge in [0.15, 0.2) is 0 Å². The number of hydrogen-bond donors (Lipinski definition) is 2. The summed E-state index contributed by atoms with van der Waals surface area (Å²) < 4.78 is 27.5. The highest BCUT2D eigenvalue weighted by molar-refractivity contribution is 7.89. The standard InChI is InChI=1S/C15H23N3O3S/c1-2-3-12-4-6-14(7-5-12)22(20,21)17-13-8-10-18(11-9-13)15(16)19/h4-7,13,17H,2-3,8-11H2,1H3,(H2,16,19). The molecule has 0 spiro atoms. The van der Waals surface area contributed by atoms with Crippen LogP contribution in [0.25, 0.3) is 0 Å². The van der Waals surface area contributed by atoms with Crippen LogP contribution in [-0.4, -0.2) is 38.5 Å². The van der Waals surface area contributed by atoms with E-state index in [2.05, 4.69) is 11.6 Å². The smallest absolute Gasteiger partial charge is 0.314 e. The molecule has 2 rings (SSSR count). The van der Waals surface area contributed by atoms with Gasteiger partial charge >= 0.3 is 6.03 Å². The number of urea groups is 1. The SMILES string of the molecule is CCCc1ccc(S(=O)(=O)NC2CCN(C(N)=O)CC2)cc1. The summed E-state index contributed by atoms with van der Waals surface area (Å²) in [4.78, 5) is 12.9. The molecule has 1 saturated heterocycles. The molecule has 7 heteroatoms. The Morgan fingerprint density at radius 1 is 1.27 bits per heavy atom. The summed E-state index contributed by atoms with van der Waals surface area (Å²) in [5, 5.41) is 0. The molecule has 122 valence electrons. The maximum atomic E-state index is 12.4. The summed E-state index contributed by atoms with van der Waals surface area (Å²) in [5.74, 6) is 0. The van der Waals surface area contributed by atoms with E-state index >= 15 is 0 Å². The first kappa shape index (κ1) is 16.8. The van der Waals surface area contributed by atoms with Crippen LogP contribution in [0.1, 0.15) is 31.7 Å². The number of sulfonamides is 1. The van der Waals surface area contributed by atoms with Crippen molar-refractivity contribution in [1.29, 1.82) is 0 Å². The van der Waals surface area contributed by atoms with E-state index in [1.807, 2.05) is 12.1 Å². The Hall–Kier alpha value is -1.60. The number of carbonyl (C=O) groups excluding carboxylic acids is 1. The van der Waals surface area contributed by atoms with Gasteiger partial charge in [-0.15, -0.1) is 0 Å². The lowest BCUT2D eigenvalue weighted by atomic mass is 10.1. The molecule has 0 atom stereocenters. The second-order valence-electron chi connectivity index (χ2n) is 5.61. The third-order valence-corrected chi connectivity index (χ3v) is 5.44. The molecule has 3 N–H and O–H groups in total. The van der Waals surface area contributed by atoms with Gasteiger partial charge in [0.05, 0.1) is 4.90 Å². The third-order valence-electron chi connectivity index (χ3n) is 3.90. The van der Waals surface area contributed by atoms with Gasteiger partial charge in [0.1, 0.15) is 0 Å². The lowest BCUT2D eigenvalue weighted by Crippen LogP contribution is -2.48. The number of carbonyl (C=O) groups is 1. The highest BCUT2D eigenvalue weighted by Gasteiger charge is 2.25. The molecule has 1 aliphatic heterocycles. The maximum absolute atomic E-state index is 12.4. The van der Waals surface area contributed by atoms with Crippen molar-refractivity contribution in [2.75, 3.05) is 13.1 Å². The van der Waals surface area contributed by atoms with Crippen LogP contribution in [0.4, 0.5) is 4.79 Å². The van der Waals surface area contributed by atoms with Crippen LogP contribution < -0.4 is 10.5 Å². The summed E-state index contributed by atoms with van der Waals surface area (Å²) >= 11 is 0. The van der Waals surface area contributed by atoms with E-state index in [9.17, 15) is 13.2 Å². The van der Waals surface area contributed by atoms with Gasteiger partial charge < -0.3 is 10.6 Å². The van der Waals surface area contributed by atoms with Crippen molar-refractivity contribution < 1.29 is 13.2 Å². The molecule has 1 fully saturated rings.